The van der Waals surface area contributed by atoms with Crippen molar-refractivity contribution in [2.45, 2.75) is 32.9 Å². The molecule has 1 aromatic carbocycles. The van der Waals surface area contributed by atoms with Crippen LogP contribution in [0, 0.1) is 5.82 Å². The van der Waals surface area contributed by atoms with Crippen LogP contribution in [0.4, 0.5) is 4.39 Å². The number of aromatic nitrogens is 2. The summed E-state index contributed by atoms with van der Waals surface area (Å²) in [6, 6.07) is 6.36. The van der Waals surface area contributed by atoms with Crippen molar-refractivity contribution in [1.29, 1.82) is 0 Å². The maximum atomic E-state index is 13.0. The summed E-state index contributed by atoms with van der Waals surface area (Å²) < 4.78 is 13.0. The van der Waals surface area contributed by atoms with Crippen LogP contribution in [0.5, 0.6) is 0 Å². The molecule has 0 bridgehead atoms. The Balaban J connectivity index is 2.07. The SMILES string of the molecule is CCCc1nc(-c2ccc(F)cc2)nc2c1CNC2. The molecule has 19 heavy (non-hydrogen) atoms. The third kappa shape index (κ3) is 2.36. The zero-order valence-corrected chi connectivity index (χ0v) is 10.9. The number of benzene rings is 1. The van der Waals surface area contributed by atoms with Gasteiger partial charge in [0.25, 0.3) is 0 Å². The van der Waals surface area contributed by atoms with Crippen LogP contribution in [0.1, 0.15) is 30.3 Å². The molecule has 3 rings (SSSR count). The van der Waals surface area contributed by atoms with E-state index in [-0.39, 0.29) is 5.82 Å². The van der Waals surface area contributed by atoms with Gasteiger partial charge in [0.05, 0.1) is 5.69 Å². The molecule has 98 valence electrons. The number of rotatable bonds is 3. The maximum absolute atomic E-state index is 13.0. The smallest absolute Gasteiger partial charge is 0.159 e. The molecule has 1 aliphatic rings. The molecule has 0 atom stereocenters. The van der Waals surface area contributed by atoms with Gasteiger partial charge in [-0.15, -0.1) is 0 Å². The molecule has 1 N–H and O–H groups in total. The molecular weight excluding hydrogens is 241 g/mol. The van der Waals surface area contributed by atoms with Crippen LogP contribution in [0.15, 0.2) is 24.3 Å². The monoisotopic (exact) mass is 257 g/mol. The van der Waals surface area contributed by atoms with Crippen LogP contribution in [0.3, 0.4) is 0 Å². The molecule has 0 saturated heterocycles. The van der Waals surface area contributed by atoms with Gasteiger partial charge in [0.1, 0.15) is 5.82 Å². The highest BCUT2D eigenvalue weighted by Crippen LogP contribution is 2.23. The molecule has 1 aliphatic heterocycles. The Kier molecular flexibility index (Phi) is 3.25. The number of aryl methyl sites for hydroxylation is 1. The predicted octanol–water partition coefficient (Wildman–Crippen LogP) is 2.84. The summed E-state index contributed by atoms with van der Waals surface area (Å²) >= 11 is 0. The van der Waals surface area contributed by atoms with E-state index < -0.39 is 0 Å². The number of nitrogens with zero attached hydrogens (tertiary/aromatic N) is 2. The second kappa shape index (κ2) is 5.05. The van der Waals surface area contributed by atoms with Crippen molar-refractivity contribution in [2.75, 3.05) is 0 Å². The fourth-order valence-electron chi connectivity index (χ4n) is 2.41. The van der Waals surface area contributed by atoms with Gasteiger partial charge in [-0.1, -0.05) is 13.3 Å². The van der Waals surface area contributed by atoms with Crippen LogP contribution >= 0.6 is 0 Å². The molecule has 0 fully saturated rings. The van der Waals surface area contributed by atoms with E-state index in [1.54, 1.807) is 12.1 Å². The van der Waals surface area contributed by atoms with Crippen molar-refractivity contribution in [1.82, 2.24) is 15.3 Å². The summed E-state index contributed by atoms with van der Waals surface area (Å²) in [6.07, 6.45) is 2.02. The van der Waals surface area contributed by atoms with Crippen molar-refractivity contribution in [3.63, 3.8) is 0 Å². The Bertz CT molecular complexity index is 593. The molecule has 0 unspecified atom stereocenters. The van der Waals surface area contributed by atoms with Gasteiger partial charge >= 0.3 is 0 Å². The molecule has 3 nitrogen and oxygen atoms in total. The Morgan fingerprint density at radius 2 is 1.95 bits per heavy atom. The van der Waals surface area contributed by atoms with Crippen LogP contribution in [0.25, 0.3) is 11.4 Å². The maximum Gasteiger partial charge on any atom is 0.159 e. The molecule has 0 amide bonds. The Hall–Kier alpha value is -1.81. The van der Waals surface area contributed by atoms with E-state index in [2.05, 4.69) is 22.2 Å². The third-order valence-electron chi connectivity index (χ3n) is 3.36. The van der Waals surface area contributed by atoms with E-state index in [1.807, 2.05) is 0 Å². The minimum absolute atomic E-state index is 0.236. The fraction of sp³-hybridized carbons (Fsp3) is 0.333. The Labute approximate surface area is 111 Å². The molecule has 1 aromatic heterocycles. The van der Waals surface area contributed by atoms with Crippen LogP contribution in [-0.2, 0) is 19.5 Å². The highest BCUT2D eigenvalue weighted by Gasteiger charge is 2.18. The average Bonchev–Trinajstić information content (AvgIpc) is 2.88. The summed E-state index contributed by atoms with van der Waals surface area (Å²) in [5.74, 6) is 0.464. The zero-order valence-electron chi connectivity index (χ0n) is 10.9. The third-order valence-corrected chi connectivity index (χ3v) is 3.36. The van der Waals surface area contributed by atoms with Gasteiger partial charge in [0.15, 0.2) is 5.82 Å². The number of hydrogen-bond donors (Lipinski definition) is 1. The summed E-state index contributed by atoms with van der Waals surface area (Å²) in [7, 11) is 0. The van der Waals surface area contributed by atoms with E-state index >= 15 is 0 Å². The Morgan fingerprint density at radius 3 is 2.68 bits per heavy atom. The van der Waals surface area contributed by atoms with Gasteiger partial charge in [0, 0.05) is 29.9 Å². The predicted molar refractivity (Wildman–Crippen MR) is 72.0 cm³/mol. The van der Waals surface area contributed by atoms with Crippen LogP contribution in [0.2, 0.25) is 0 Å². The molecule has 2 aromatic rings. The minimum Gasteiger partial charge on any atom is -0.307 e. The van der Waals surface area contributed by atoms with Gasteiger partial charge in [-0.3, -0.25) is 0 Å². The lowest BCUT2D eigenvalue weighted by Crippen LogP contribution is -2.03. The first-order chi connectivity index (χ1) is 9.28. The van der Waals surface area contributed by atoms with E-state index in [0.717, 1.165) is 42.9 Å². The van der Waals surface area contributed by atoms with Crippen molar-refractivity contribution in [3.05, 3.63) is 47.0 Å². The van der Waals surface area contributed by atoms with Crippen molar-refractivity contribution < 1.29 is 4.39 Å². The lowest BCUT2D eigenvalue weighted by atomic mass is 10.1. The summed E-state index contributed by atoms with van der Waals surface area (Å²) in [4.78, 5) is 9.26. The number of nitrogens with one attached hydrogen (secondary N) is 1. The number of fused-ring (bicyclic) bond motifs is 1. The Morgan fingerprint density at radius 1 is 1.16 bits per heavy atom. The van der Waals surface area contributed by atoms with E-state index in [1.165, 1.54) is 17.7 Å². The van der Waals surface area contributed by atoms with Gasteiger partial charge in [-0.05, 0) is 30.7 Å². The average molecular weight is 257 g/mol. The quantitative estimate of drug-likeness (QED) is 0.918. The summed E-state index contributed by atoms with van der Waals surface area (Å²) in [5.41, 5.74) is 4.32. The molecule has 2 heterocycles. The van der Waals surface area contributed by atoms with Crippen molar-refractivity contribution >= 4 is 0 Å². The molecule has 0 aliphatic carbocycles. The molecule has 0 radical (unpaired) electrons. The number of halogens is 1. The van der Waals surface area contributed by atoms with E-state index in [0.29, 0.717) is 5.82 Å². The van der Waals surface area contributed by atoms with Gasteiger partial charge < -0.3 is 5.32 Å². The highest BCUT2D eigenvalue weighted by molar-refractivity contribution is 5.56. The normalized spacial score (nSPS) is 13.6. The highest BCUT2D eigenvalue weighted by atomic mass is 19.1. The van der Waals surface area contributed by atoms with Crippen LogP contribution < -0.4 is 5.32 Å². The van der Waals surface area contributed by atoms with Gasteiger partial charge in [0.2, 0.25) is 0 Å². The second-order valence-corrected chi connectivity index (χ2v) is 4.78. The summed E-state index contributed by atoms with van der Waals surface area (Å²) in [5, 5.41) is 3.31. The standard InChI is InChI=1S/C15H16FN3/c1-2-3-13-12-8-17-9-14(12)19-15(18-13)10-4-6-11(16)7-5-10/h4-7,17H,2-3,8-9H2,1H3. The van der Waals surface area contributed by atoms with Gasteiger partial charge in [-0.2, -0.15) is 0 Å². The lowest BCUT2D eigenvalue weighted by Gasteiger charge is -2.09. The first-order valence-corrected chi connectivity index (χ1v) is 6.63. The first kappa shape index (κ1) is 12.2. The molecule has 0 saturated carbocycles. The first-order valence-electron chi connectivity index (χ1n) is 6.63. The van der Waals surface area contributed by atoms with Crippen LogP contribution in [-0.4, -0.2) is 9.97 Å². The fourth-order valence-corrected chi connectivity index (χ4v) is 2.41. The van der Waals surface area contributed by atoms with Gasteiger partial charge in [-0.25, -0.2) is 14.4 Å². The zero-order chi connectivity index (χ0) is 13.2. The topological polar surface area (TPSA) is 37.8 Å². The van der Waals surface area contributed by atoms with Crippen molar-refractivity contribution in [2.24, 2.45) is 0 Å². The van der Waals surface area contributed by atoms with Crippen molar-refractivity contribution in [3.8, 4) is 11.4 Å². The van der Waals surface area contributed by atoms with E-state index in [4.69, 9.17) is 0 Å². The minimum atomic E-state index is -0.236. The lowest BCUT2D eigenvalue weighted by molar-refractivity contribution is 0.628. The largest absolute Gasteiger partial charge is 0.307 e. The van der Waals surface area contributed by atoms with E-state index in [9.17, 15) is 4.39 Å². The molecule has 0 spiro atoms. The molecule has 4 heteroatoms. The summed E-state index contributed by atoms with van der Waals surface area (Å²) in [6.45, 7) is 3.80. The number of hydrogen-bond acceptors (Lipinski definition) is 3. The second-order valence-electron chi connectivity index (χ2n) is 4.78. The molecular formula is C15H16FN3.